The number of hydrogen-bond donors (Lipinski definition) is 1. The van der Waals surface area contributed by atoms with Gasteiger partial charge in [-0.15, -0.1) is 0 Å². The van der Waals surface area contributed by atoms with E-state index in [2.05, 4.69) is 20.3 Å². The van der Waals surface area contributed by atoms with Crippen LogP contribution in [0.1, 0.15) is 34.3 Å². The van der Waals surface area contributed by atoms with E-state index in [0.29, 0.717) is 35.2 Å². The number of aryl methyl sites for hydroxylation is 1. The lowest BCUT2D eigenvalue weighted by Crippen LogP contribution is -2.60. The van der Waals surface area contributed by atoms with Crippen LogP contribution in [0.5, 0.6) is 0 Å². The van der Waals surface area contributed by atoms with Crippen molar-refractivity contribution >= 4 is 11.7 Å². The van der Waals surface area contributed by atoms with Crippen molar-refractivity contribution in [1.82, 2.24) is 19.9 Å². The van der Waals surface area contributed by atoms with Crippen molar-refractivity contribution in [1.29, 1.82) is 0 Å². The maximum Gasteiger partial charge on any atom is 0.417 e. The van der Waals surface area contributed by atoms with Crippen LogP contribution in [0.3, 0.4) is 0 Å². The normalized spacial score (nSPS) is 26.9. The van der Waals surface area contributed by atoms with Gasteiger partial charge in [0.25, 0.3) is 5.91 Å². The summed E-state index contributed by atoms with van der Waals surface area (Å²) in [5.41, 5.74) is 2.03. The molecule has 3 aromatic rings. The molecule has 6 rings (SSSR count). The fourth-order valence-electron chi connectivity index (χ4n) is 5.85. The van der Waals surface area contributed by atoms with Crippen LogP contribution in [0, 0.1) is 18.3 Å². The quantitative estimate of drug-likeness (QED) is 0.611. The van der Waals surface area contributed by atoms with E-state index in [0.717, 1.165) is 30.7 Å². The second-order valence-corrected chi connectivity index (χ2v) is 9.49. The number of rotatable bonds is 4. The number of nitrogens with zero attached hydrogens (tertiary/aromatic N) is 4. The molecule has 3 aliphatic rings. The molecule has 9 heteroatoms. The van der Waals surface area contributed by atoms with Gasteiger partial charge in [0.05, 0.1) is 22.9 Å². The lowest BCUT2D eigenvalue weighted by atomic mass is 9.71. The molecule has 3 aromatic heterocycles. The number of amides is 1. The highest BCUT2D eigenvalue weighted by Gasteiger charge is 2.75. The van der Waals surface area contributed by atoms with Crippen molar-refractivity contribution in [3.05, 3.63) is 71.7 Å². The molecular formula is C25H22F3N5O. The number of carbonyl (C=O) groups excluding carboxylic acids is 1. The summed E-state index contributed by atoms with van der Waals surface area (Å²) in [6.45, 7) is 2.62. The molecule has 4 unspecified atom stereocenters. The molecule has 174 valence electrons. The Morgan fingerprint density at radius 2 is 1.82 bits per heavy atom. The summed E-state index contributed by atoms with van der Waals surface area (Å²) in [5, 5.41) is 3.27. The predicted octanol–water partition coefficient (Wildman–Crippen LogP) is 4.58. The first-order chi connectivity index (χ1) is 16.3. The molecule has 1 saturated heterocycles. The SMILES string of the molecule is Cc1cccnc1-c1ncccc1C(=O)N1CC2CC23CC(Nc2ccc(C(F)(F)F)cn2)C13. The van der Waals surface area contributed by atoms with Crippen molar-refractivity contribution in [2.75, 3.05) is 11.9 Å². The second kappa shape index (κ2) is 7.25. The van der Waals surface area contributed by atoms with Gasteiger partial charge in [0.2, 0.25) is 0 Å². The van der Waals surface area contributed by atoms with E-state index in [4.69, 9.17) is 0 Å². The van der Waals surface area contributed by atoms with Crippen LogP contribution in [0.25, 0.3) is 11.4 Å². The van der Waals surface area contributed by atoms with E-state index >= 15 is 0 Å². The van der Waals surface area contributed by atoms with Crippen LogP contribution in [-0.2, 0) is 6.18 Å². The highest BCUT2D eigenvalue weighted by atomic mass is 19.4. The van der Waals surface area contributed by atoms with Gasteiger partial charge in [-0.05, 0) is 67.0 Å². The molecule has 0 bridgehead atoms. The Kier molecular flexibility index (Phi) is 4.49. The standard InChI is InChI=1S/C25H22F3N5O/c1-14-4-2-8-29-20(14)21-17(5-3-9-30-21)23(34)33-13-16-10-24(16)11-18(22(24)33)32-19-7-6-15(12-31-19)25(26,27)28/h2-9,12,16,18,22H,10-11,13H2,1H3,(H,31,32). The van der Waals surface area contributed by atoms with Crippen LogP contribution < -0.4 is 5.32 Å². The number of carbonyl (C=O) groups is 1. The molecule has 2 saturated carbocycles. The molecule has 3 fully saturated rings. The van der Waals surface area contributed by atoms with E-state index in [-0.39, 0.29) is 23.4 Å². The van der Waals surface area contributed by atoms with Crippen LogP contribution >= 0.6 is 0 Å². The average Bonchev–Trinajstić information content (AvgIpc) is 3.47. The van der Waals surface area contributed by atoms with Gasteiger partial charge >= 0.3 is 6.18 Å². The molecule has 4 atom stereocenters. The third-order valence-electron chi connectivity index (χ3n) is 7.56. The number of anilines is 1. The second-order valence-electron chi connectivity index (χ2n) is 9.49. The Morgan fingerprint density at radius 1 is 1.06 bits per heavy atom. The lowest BCUT2D eigenvalue weighted by molar-refractivity contribution is -0.137. The van der Waals surface area contributed by atoms with Crippen LogP contribution in [-0.4, -0.2) is 44.4 Å². The summed E-state index contributed by atoms with van der Waals surface area (Å²) in [7, 11) is 0. The zero-order valence-corrected chi connectivity index (χ0v) is 18.4. The van der Waals surface area contributed by atoms with Crippen molar-refractivity contribution in [3.8, 4) is 11.4 Å². The summed E-state index contributed by atoms with van der Waals surface area (Å²) in [5.74, 6) is 0.768. The Labute approximate surface area is 194 Å². The third-order valence-corrected chi connectivity index (χ3v) is 7.56. The molecule has 2 aliphatic carbocycles. The zero-order chi connectivity index (χ0) is 23.7. The fourth-order valence-corrected chi connectivity index (χ4v) is 5.85. The van der Waals surface area contributed by atoms with Crippen molar-refractivity contribution in [3.63, 3.8) is 0 Å². The van der Waals surface area contributed by atoms with Crippen LogP contribution in [0.2, 0.25) is 0 Å². The molecule has 1 aliphatic heterocycles. The van der Waals surface area contributed by atoms with Gasteiger partial charge in [-0.25, -0.2) is 4.98 Å². The molecule has 34 heavy (non-hydrogen) atoms. The minimum atomic E-state index is -4.42. The molecule has 1 N–H and O–H groups in total. The first-order valence-electron chi connectivity index (χ1n) is 11.3. The smallest absolute Gasteiger partial charge is 0.365 e. The van der Waals surface area contributed by atoms with E-state index in [1.807, 2.05) is 24.0 Å². The number of piperidine rings is 1. The van der Waals surface area contributed by atoms with E-state index in [1.54, 1.807) is 24.5 Å². The average molecular weight is 465 g/mol. The Balaban J connectivity index is 1.26. The molecule has 6 nitrogen and oxygen atoms in total. The van der Waals surface area contributed by atoms with Crippen molar-refractivity contribution < 1.29 is 18.0 Å². The fraction of sp³-hybridized carbons (Fsp3) is 0.360. The summed E-state index contributed by atoms with van der Waals surface area (Å²) < 4.78 is 38.6. The van der Waals surface area contributed by atoms with Gasteiger partial charge < -0.3 is 10.2 Å². The number of pyridine rings is 3. The largest absolute Gasteiger partial charge is 0.417 e. The molecule has 1 amide bonds. The molecule has 1 spiro atoms. The molecule has 0 aromatic carbocycles. The van der Waals surface area contributed by atoms with Crippen molar-refractivity contribution in [2.24, 2.45) is 11.3 Å². The highest BCUT2D eigenvalue weighted by molar-refractivity contribution is 6.00. The van der Waals surface area contributed by atoms with Gasteiger partial charge in [0.1, 0.15) is 11.5 Å². The van der Waals surface area contributed by atoms with Gasteiger partial charge in [-0.3, -0.25) is 14.8 Å². The van der Waals surface area contributed by atoms with Gasteiger partial charge in [0.15, 0.2) is 0 Å². The number of likely N-dealkylation sites (tertiary alicyclic amines) is 1. The Hall–Kier alpha value is -3.49. The van der Waals surface area contributed by atoms with Gasteiger partial charge in [-0.2, -0.15) is 13.2 Å². The highest BCUT2D eigenvalue weighted by Crippen LogP contribution is 2.71. The maximum absolute atomic E-state index is 13.7. The number of aromatic nitrogens is 3. The molecular weight excluding hydrogens is 443 g/mol. The van der Waals surface area contributed by atoms with Crippen LogP contribution in [0.4, 0.5) is 19.0 Å². The van der Waals surface area contributed by atoms with E-state index in [9.17, 15) is 18.0 Å². The number of alkyl halides is 3. The van der Waals surface area contributed by atoms with E-state index < -0.39 is 11.7 Å². The lowest BCUT2D eigenvalue weighted by Gasteiger charge is -2.48. The summed E-state index contributed by atoms with van der Waals surface area (Å²) in [6.07, 6.45) is 1.73. The van der Waals surface area contributed by atoms with Gasteiger partial charge in [0, 0.05) is 31.2 Å². The number of nitrogens with one attached hydrogen (secondary N) is 1. The minimum absolute atomic E-state index is 0.0213. The topological polar surface area (TPSA) is 71.0 Å². The van der Waals surface area contributed by atoms with E-state index in [1.165, 1.54) is 6.07 Å². The minimum Gasteiger partial charge on any atom is -0.365 e. The summed E-state index contributed by atoms with van der Waals surface area (Å²) >= 11 is 0. The molecule has 0 radical (unpaired) electrons. The Morgan fingerprint density at radius 3 is 2.53 bits per heavy atom. The summed E-state index contributed by atoms with van der Waals surface area (Å²) in [4.78, 5) is 28.5. The first-order valence-corrected chi connectivity index (χ1v) is 11.3. The Bertz CT molecular complexity index is 1280. The monoisotopic (exact) mass is 465 g/mol. The third kappa shape index (κ3) is 3.17. The first kappa shape index (κ1) is 21.1. The summed E-state index contributed by atoms with van der Waals surface area (Å²) in [6, 6.07) is 9.62. The van der Waals surface area contributed by atoms with Gasteiger partial charge in [-0.1, -0.05) is 6.07 Å². The molecule has 4 heterocycles. The number of halogens is 3. The maximum atomic E-state index is 13.7. The van der Waals surface area contributed by atoms with Crippen molar-refractivity contribution in [2.45, 2.75) is 38.0 Å². The zero-order valence-electron chi connectivity index (χ0n) is 18.4. The number of hydrogen-bond acceptors (Lipinski definition) is 5. The predicted molar refractivity (Wildman–Crippen MR) is 119 cm³/mol. The van der Waals surface area contributed by atoms with Crippen LogP contribution in [0.15, 0.2) is 55.0 Å².